The van der Waals surface area contributed by atoms with Crippen LogP contribution < -0.4 is 10.6 Å². The Bertz CT molecular complexity index is 285. The van der Waals surface area contributed by atoms with Crippen molar-refractivity contribution in [3.8, 4) is 0 Å². The number of carbonyl (C=O) groups excluding carboxylic acids is 1. The maximum atomic E-state index is 11.7. The van der Waals surface area contributed by atoms with Crippen LogP contribution in [0.4, 0.5) is 4.79 Å². The summed E-state index contributed by atoms with van der Waals surface area (Å²) < 4.78 is 10.5. The van der Waals surface area contributed by atoms with Crippen molar-refractivity contribution in [1.82, 2.24) is 10.6 Å². The van der Waals surface area contributed by atoms with Crippen molar-refractivity contribution in [1.29, 1.82) is 0 Å². The lowest BCUT2D eigenvalue weighted by molar-refractivity contribution is 0.0462. The molecule has 0 saturated carbocycles. The monoisotopic (exact) mass is 274 g/mol. The molecule has 0 rings (SSSR count). The Morgan fingerprint density at radius 2 is 1.68 bits per heavy atom. The molecule has 2 atom stereocenters. The summed E-state index contributed by atoms with van der Waals surface area (Å²) in [5.74, 6) is 0. The van der Waals surface area contributed by atoms with Gasteiger partial charge in [-0.3, -0.25) is 0 Å². The largest absolute Gasteiger partial charge is 0.444 e. The summed E-state index contributed by atoms with van der Waals surface area (Å²) in [6, 6.07) is 0.213. The van der Waals surface area contributed by atoms with E-state index in [0.717, 1.165) is 0 Å². The fraction of sp³-hybridized carbons (Fsp3) is 0.929. The molecule has 19 heavy (non-hydrogen) atoms. The summed E-state index contributed by atoms with van der Waals surface area (Å²) in [7, 11) is 1.69. The van der Waals surface area contributed by atoms with Crippen molar-refractivity contribution in [3.63, 3.8) is 0 Å². The second kappa shape index (κ2) is 7.10. The summed E-state index contributed by atoms with van der Waals surface area (Å²) >= 11 is 0. The summed E-state index contributed by atoms with van der Waals surface area (Å²) in [4.78, 5) is 11.7. The van der Waals surface area contributed by atoms with Crippen LogP contribution in [0.1, 0.15) is 48.5 Å². The van der Waals surface area contributed by atoms with E-state index in [2.05, 4.69) is 17.6 Å². The molecule has 0 aromatic rings. The van der Waals surface area contributed by atoms with Gasteiger partial charge in [0.25, 0.3) is 0 Å². The number of rotatable bonds is 6. The molecule has 0 aliphatic rings. The van der Waals surface area contributed by atoms with Crippen LogP contribution in [0.3, 0.4) is 0 Å². The lowest BCUT2D eigenvalue weighted by Crippen LogP contribution is -2.54. The van der Waals surface area contributed by atoms with Crippen LogP contribution in [-0.2, 0) is 9.47 Å². The Hall–Kier alpha value is -0.810. The van der Waals surface area contributed by atoms with E-state index in [1.54, 1.807) is 7.11 Å². The van der Waals surface area contributed by atoms with E-state index in [0.29, 0.717) is 6.54 Å². The average Bonchev–Trinajstić information content (AvgIpc) is 2.21. The van der Waals surface area contributed by atoms with Crippen molar-refractivity contribution < 1.29 is 14.3 Å². The highest BCUT2D eigenvalue weighted by molar-refractivity contribution is 5.68. The van der Waals surface area contributed by atoms with Crippen molar-refractivity contribution in [2.24, 2.45) is 0 Å². The molecule has 2 N–H and O–H groups in total. The minimum absolute atomic E-state index is 0.123. The fourth-order valence-electron chi connectivity index (χ4n) is 1.41. The zero-order chi connectivity index (χ0) is 15.3. The molecule has 0 fully saturated rings. The average molecular weight is 274 g/mol. The molecule has 5 nitrogen and oxygen atoms in total. The normalized spacial score (nSPS) is 15.8. The van der Waals surface area contributed by atoms with Crippen LogP contribution >= 0.6 is 0 Å². The number of carbonyl (C=O) groups is 1. The van der Waals surface area contributed by atoms with Crippen molar-refractivity contribution in [2.75, 3.05) is 13.7 Å². The number of alkyl carbamates (subject to hydrolysis) is 1. The summed E-state index contributed by atoms with van der Waals surface area (Å²) in [6.07, 6.45) is -0.274. The van der Waals surface area contributed by atoms with Crippen molar-refractivity contribution in [2.45, 2.75) is 71.8 Å². The highest BCUT2D eigenvalue weighted by Gasteiger charge is 2.25. The maximum Gasteiger partial charge on any atom is 0.408 e. The zero-order valence-corrected chi connectivity index (χ0v) is 13.6. The molecule has 0 saturated heterocycles. The van der Waals surface area contributed by atoms with Gasteiger partial charge in [0.1, 0.15) is 5.60 Å². The molecule has 1 amide bonds. The Morgan fingerprint density at radius 3 is 2.11 bits per heavy atom. The van der Waals surface area contributed by atoms with Crippen LogP contribution in [0.25, 0.3) is 0 Å². The number of nitrogens with one attached hydrogen (secondary N) is 2. The lowest BCUT2D eigenvalue weighted by atomic mass is 10.1. The van der Waals surface area contributed by atoms with Gasteiger partial charge in [0.15, 0.2) is 0 Å². The fourth-order valence-corrected chi connectivity index (χ4v) is 1.41. The number of hydrogen-bond donors (Lipinski definition) is 2. The quantitative estimate of drug-likeness (QED) is 0.780. The maximum absolute atomic E-state index is 11.7. The molecule has 2 unspecified atom stereocenters. The number of methoxy groups -OCH3 is 1. The van der Waals surface area contributed by atoms with E-state index in [1.165, 1.54) is 0 Å². The van der Waals surface area contributed by atoms with E-state index in [4.69, 9.17) is 9.47 Å². The summed E-state index contributed by atoms with van der Waals surface area (Å²) in [5, 5.41) is 6.21. The Balaban J connectivity index is 4.21. The van der Waals surface area contributed by atoms with Gasteiger partial charge >= 0.3 is 6.09 Å². The molecule has 0 aromatic heterocycles. The second-order valence-electron chi connectivity index (χ2n) is 6.62. The predicted molar refractivity (Wildman–Crippen MR) is 77.4 cm³/mol. The van der Waals surface area contributed by atoms with Crippen LogP contribution in [0.5, 0.6) is 0 Å². The molecular weight excluding hydrogens is 244 g/mol. The summed E-state index contributed by atoms with van der Waals surface area (Å²) in [5.41, 5.74) is -0.866. The van der Waals surface area contributed by atoms with Crippen LogP contribution in [0.15, 0.2) is 0 Å². The molecule has 0 heterocycles. The van der Waals surface area contributed by atoms with Gasteiger partial charge in [0.2, 0.25) is 0 Å². The van der Waals surface area contributed by atoms with Crippen LogP contribution in [0.2, 0.25) is 0 Å². The molecule has 0 aromatic carbocycles. The van der Waals surface area contributed by atoms with E-state index in [1.807, 2.05) is 41.5 Å². The highest BCUT2D eigenvalue weighted by Crippen LogP contribution is 2.09. The third-order valence-electron chi connectivity index (χ3n) is 2.78. The van der Waals surface area contributed by atoms with Crippen LogP contribution in [0, 0.1) is 0 Å². The van der Waals surface area contributed by atoms with E-state index >= 15 is 0 Å². The van der Waals surface area contributed by atoms with Gasteiger partial charge in [0, 0.05) is 19.7 Å². The topological polar surface area (TPSA) is 59.6 Å². The van der Waals surface area contributed by atoms with Gasteiger partial charge < -0.3 is 20.1 Å². The minimum Gasteiger partial charge on any atom is -0.444 e. The van der Waals surface area contributed by atoms with E-state index < -0.39 is 11.7 Å². The first-order valence-corrected chi connectivity index (χ1v) is 6.74. The molecule has 0 aliphatic heterocycles. The predicted octanol–water partition coefficient (Wildman–Crippen LogP) is 2.30. The number of ether oxygens (including phenoxy) is 2. The second-order valence-corrected chi connectivity index (χ2v) is 6.62. The first-order valence-electron chi connectivity index (χ1n) is 6.74. The molecule has 0 bridgehead atoms. The molecule has 0 radical (unpaired) electrons. The van der Waals surface area contributed by atoms with Gasteiger partial charge in [-0.25, -0.2) is 4.79 Å². The van der Waals surface area contributed by atoms with Crippen molar-refractivity contribution >= 4 is 6.09 Å². The third kappa shape index (κ3) is 8.83. The molecule has 114 valence electrons. The SMILES string of the molecule is COC(C)C(C)NCC(C)(C)NC(=O)OC(C)(C)C. The third-order valence-corrected chi connectivity index (χ3v) is 2.78. The molecule has 0 spiro atoms. The number of hydrogen-bond acceptors (Lipinski definition) is 4. The Morgan fingerprint density at radius 1 is 1.16 bits per heavy atom. The van der Waals surface area contributed by atoms with Gasteiger partial charge in [-0.15, -0.1) is 0 Å². The minimum atomic E-state index is -0.481. The first-order chi connectivity index (χ1) is 8.47. The highest BCUT2D eigenvalue weighted by atomic mass is 16.6. The molecule has 5 heteroatoms. The lowest BCUT2D eigenvalue weighted by Gasteiger charge is -2.31. The van der Waals surface area contributed by atoms with Gasteiger partial charge in [0.05, 0.1) is 11.6 Å². The standard InChI is InChI=1S/C14H30N2O3/c1-10(11(2)18-8)15-9-14(6,7)16-12(17)19-13(3,4)5/h10-11,15H,9H2,1-8H3,(H,16,17). The Labute approximate surface area is 117 Å². The molecular formula is C14H30N2O3. The first kappa shape index (κ1) is 18.2. The van der Waals surface area contributed by atoms with Gasteiger partial charge in [-0.05, 0) is 48.5 Å². The smallest absolute Gasteiger partial charge is 0.408 e. The van der Waals surface area contributed by atoms with E-state index in [-0.39, 0.29) is 17.7 Å². The van der Waals surface area contributed by atoms with Gasteiger partial charge in [-0.2, -0.15) is 0 Å². The summed E-state index contributed by atoms with van der Waals surface area (Å²) in [6.45, 7) is 14.1. The van der Waals surface area contributed by atoms with Crippen molar-refractivity contribution in [3.05, 3.63) is 0 Å². The van der Waals surface area contributed by atoms with Crippen LogP contribution in [-0.4, -0.2) is 43.0 Å². The van der Waals surface area contributed by atoms with E-state index in [9.17, 15) is 4.79 Å². The zero-order valence-electron chi connectivity index (χ0n) is 13.6. The van der Waals surface area contributed by atoms with Gasteiger partial charge in [-0.1, -0.05) is 0 Å². The Kier molecular flexibility index (Phi) is 6.80. The number of amides is 1. The molecule has 0 aliphatic carbocycles.